The molecule has 4 aliphatic heterocycles. The summed E-state index contributed by atoms with van der Waals surface area (Å²) in [5, 5.41) is 8.41. The number of aromatic nitrogens is 3. The van der Waals surface area contributed by atoms with Crippen LogP contribution in [0.25, 0.3) is 33.4 Å². The van der Waals surface area contributed by atoms with Gasteiger partial charge < -0.3 is 29.0 Å². The number of nitrogens with zero attached hydrogens (tertiary/aromatic N) is 5. The quantitative estimate of drug-likeness (QED) is 0.252. The van der Waals surface area contributed by atoms with Crippen LogP contribution in [0.2, 0.25) is 0 Å². The number of cyclic esters (lactones) is 1. The Bertz CT molecular complexity index is 2100. The zero-order valence-electron chi connectivity index (χ0n) is 32.3. The Morgan fingerprint density at radius 2 is 2.07 bits per heavy atom. The van der Waals surface area contributed by atoms with E-state index in [0.29, 0.717) is 51.5 Å². The van der Waals surface area contributed by atoms with Crippen molar-refractivity contribution in [2.75, 3.05) is 40.0 Å². The number of amides is 3. The summed E-state index contributed by atoms with van der Waals surface area (Å²) in [6.45, 7) is 11.6. The number of hydrogen-bond donors (Lipinski definition) is 2. The van der Waals surface area contributed by atoms with Gasteiger partial charge in [-0.3, -0.25) is 19.6 Å². The van der Waals surface area contributed by atoms with Gasteiger partial charge in [0.2, 0.25) is 0 Å². The van der Waals surface area contributed by atoms with Crippen LogP contribution < -0.4 is 10.7 Å². The number of rotatable bonds is 5. The largest absolute Gasteiger partial charge is 0.464 e. The standard InChI is InChI=1S/C41H51N7O6S/c1-6-46-34-12-11-25-17-28(34)29(37(46)27-9-7-14-42-36(27)24(2)52-5)19-41(3,4)23-54-39(50)30-10-8-15-48(45-30)38(49)31(18-35-43-32(25)22-55-35)44-40(51)47-20-26-21-53-16-13-33(26)47/h7,9,11-12,14,17,22,24,26,30-31,33,45H,6,8,10,13,15-16,18-21,23H2,1-5H3,(H,44,51)/t24-,26+,30-,31-,33-/m0/s1. The minimum Gasteiger partial charge on any atom is -0.464 e. The molecule has 3 saturated heterocycles. The van der Waals surface area contributed by atoms with Crippen LogP contribution in [-0.4, -0.2) is 100 Å². The van der Waals surface area contributed by atoms with Gasteiger partial charge in [-0.05, 0) is 69.4 Å². The first-order valence-corrected chi connectivity index (χ1v) is 20.4. The number of hydrazine groups is 1. The average Bonchev–Trinajstić information content (AvgIpc) is 3.77. The van der Waals surface area contributed by atoms with Crippen LogP contribution in [0.4, 0.5) is 4.79 Å². The van der Waals surface area contributed by atoms with Crippen LogP contribution in [-0.2, 0) is 43.2 Å². The summed E-state index contributed by atoms with van der Waals surface area (Å²) in [4.78, 5) is 53.3. The fourth-order valence-electron chi connectivity index (χ4n) is 8.65. The van der Waals surface area contributed by atoms with Gasteiger partial charge in [0.25, 0.3) is 5.91 Å². The number of thiazole rings is 1. The van der Waals surface area contributed by atoms with Crippen molar-refractivity contribution in [3.8, 4) is 22.5 Å². The summed E-state index contributed by atoms with van der Waals surface area (Å²) >= 11 is 1.48. The van der Waals surface area contributed by atoms with Gasteiger partial charge >= 0.3 is 12.0 Å². The molecule has 4 aromatic rings. The third-order valence-corrected chi connectivity index (χ3v) is 12.5. The number of aryl methyl sites for hydroxylation is 1. The van der Waals surface area contributed by atoms with Crippen LogP contribution in [0.3, 0.4) is 0 Å². The molecule has 4 aliphatic rings. The number of fused-ring (bicyclic) bond motifs is 7. The number of methoxy groups -OCH3 is 1. The van der Waals surface area contributed by atoms with E-state index in [9.17, 15) is 14.4 Å². The molecule has 7 heterocycles. The lowest BCUT2D eigenvalue weighted by Crippen LogP contribution is -2.67. The highest BCUT2D eigenvalue weighted by Crippen LogP contribution is 2.42. The predicted molar refractivity (Wildman–Crippen MR) is 209 cm³/mol. The number of esters is 1. The number of pyridine rings is 1. The molecule has 13 nitrogen and oxygen atoms in total. The number of nitrogens with one attached hydrogen (secondary N) is 2. The van der Waals surface area contributed by atoms with E-state index in [1.54, 1.807) is 13.3 Å². The molecular formula is C41H51N7O6S. The predicted octanol–water partition coefficient (Wildman–Crippen LogP) is 5.52. The summed E-state index contributed by atoms with van der Waals surface area (Å²) in [5.41, 5.74) is 9.64. The van der Waals surface area contributed by atoms with Crippen molar-refractivity contribution < 1.29 is 28.6 Å². The molecule has 1 aromatic carbocycles. The number of ether oxygens (including phenoxy) is 3. The van der Waals surface area contributed by atoms with Crippen LogP contribution >= 0.6 is 11.3 Å². The normalized spacial score (nSPS) is 24.7. The molecule has 0 radical (unpaired) electrons. The second kappa shape index (κ2) is 15.3. The number of carbonyl (C=O) groups excluding carboxylic acids is 3. The highest BCUT2D eigenvalue weighted by Gasteiger charge is 2.45. The molecule has 0 aliphatic carbocycles. The molecule has 55 heavy (non-hydrogen) atoms. The molecule has 5 atom stereocenters. The first kappa shape index (κ1) is 37.5. The van der Waals surface area contributed by atoms with Crippen molar-refractivity contribution in [3.63, 3.8) is 0 Å². The monoisotopic (exact) mass is 769 g/mol. The second-order valence-corrected chi connectivity index (χ2v) is 17.0. The van der Waals surface area contributed by atoms with E-state index in [4.69, 9.17) is 24.2 Å². The van der Waals surface area contributed by atoms with E-state index in [0.717, 1.165) is 62.6 Å². The Labute approximate surface area is 325 Å². The van der Waals surface area contributed by atoms with Gasteiger partial charge in [-0.15, -0.1) is 11.3 Å². The molecule has 3 amide bonds. The molecular weight excluding hydrogens is 719 g/mol. The molecule has 0 spiro atoms. The van der Waals surface area contributed by atoms with Crippen LogP contribution in [0, 0.1) is 11.3 Å². The fourth-order valence-corrected chi connectivity index (χ4v) is 9.50. The number of urea groups is 1. The van der Waals surface area contributed by atoms with E-state index in [1.807, 2.05) is 23.3 Å². The van der Waals surface area contributed by atoms with E-state index >= 15 is 0 Å². The van der Waals surface area contributed by atoms with Crippen molar-refractivity contribution in [2.45, 2.75) is 90.6 Å². The van der Waals surface area contributed by atoms with E-state index in [2.05, 4.69) is 60.3 Å². The molecule has 0 saturated carbocycles. The number of likely N-dealkylation sites (tertiary alicyclic amines) is 1. The molecule has 6 bridgehead atoms. The van der Waals surface area contributed by atoms with E-state index < -0.39 is 23.5 Å². The van der Waals surface area contributed by atoms with Crippen molar-refractivity contribution >= 4 is 40.1 Å². The van der Waals surface area contributed by atoms with E-state index in [1.165, 1.54) is 16.3 Å². The summed E-state index contributed by atoms with van der Waals surface area (Å²) in [5.74, 6) is -0.374. The lowest BCUT2D eigenvalue weighted by molar-refractivity contribution is -0.155. The lowest BCUT2D eigenvalue weighted by atomic mass is 9.84. The molecule has 292 valence electrons. The smallest absolute Gasteiger partial charge is 0.324 e. The van der Waals surface area contributed by atoms with Crippen molar-refractivity contribution in [2.24, 2.45) is 11.3 Å². The highest BCUT2D eigenvalue weighted by molar-refractivity contribution is 7.10. The van der Waals surface area contributed by atoms with Crippen LogP contribution in [0.1, 0.15) is 69.3 Å². The van der Waals surface area contributed by atoms with E-state index in [-0.39, 0.29) is 37.1 Å². The Morgan fingerprint density at radius 3 is 2.87 bits per heavy atom. The lowest BCUT2D eigenvalue weighted by Gasteiger charge is -2.50. The average molecular weight is 770 g/mol. The number of carbonyl (C=O) groups is 3. The molecule has 0 unspecified atom stereocenters. The molecule has 14 heteroatoms. The highest BCUT2D eigenvalue weighted by atomic mass is 32.1. The topological polar surface area (TPSA) is 140 Å². The second-order valence-electron chi connectivity index (χ2n) is 16.1. The Kier molecular flexibility index (Phi) is 10.4. The van der Waals surface area contributed by atoms with Crippen molar-refractivity contribution in [1.82, 2.24) is 35.2 Å². The first-order valence-electron chi connectivity index (χ1n) is 19.5. The zero-order valence-corrected chi connectivity index (χ0v) is 33.1. The fraction of sp³-hybridized carbons (Fsp3) is 0.537. The Balaban J connectivity index is 1.21. The third-order valence-electron chi connectivity index (χ3n) is 11.7. The summed E-state index contributed by atoms with van der Waals surface area (Å²) in [6, 6.07) is 8.82. The minimum absolute atomic E-state index is 0.113. The number of hydrogen-bond acceptors (Lipinski definition) is 10. The Morgan fingerprint density at radius 1 is 1.22 bits per heavy atom. The maximum Gasteiger partial charge on any atom is 0.324 e. The maximum absolute atomic E-state index is 14.3. The SMILES string of the molecule is CCn1c(-c2cccnc2[C@H](C)OC)c2c3cc(ccc31)-c1csc(n1)C[C@H](NC(=O)N1C[C@@H]3COCC[C@@H]31)C(=O)N1CCC[C@H](N1)C(=O)OCC(C)(C)C2. The maximum atomic E-state index is 14.3. The van der Waals surface area contributed by atoms with Crippen LogP contribution in [0.15, 0.2) is 41.9 Å². The van der Waals surface area contributed by atoms with Crippen LogP contribution in [0.5, 0.6) is 0 Å². The van der Waals surface area contributed by atoms with Crippen molar-refractivity contribution in [1.29, 1.82) is 0 Å². The minimum atomic E-state index is -0.885. The summed E-state index contributed by atoms with van der Waals surface area (Å²) in [6.07, 6.45) is 4.35. The van der Waals surface area contributed by atoms with Gasteiger partial charge in [0.05, 0.1) is 41.4 Å². The van der Waals surface area contributed by atoms with Gasteiger partial charge in [0.15, 0.2) is 0 Å². The van der Waals surface area contributed by atoms with Gasteiger partial charge in [0, 0.05) is 90.8 Å². The first-order chi connectivity index (χ1) is 26.5. The van der Waals surface area contributed by atoms with Gasteiger partial charge in [0.1, 0.15) is 12.1 Å². The molecule has 8 rings (SSSR count). The van der Waals surface area contributed by atoms with Crippen molar-refractivity contribution in [3.05, 3.63) is 58.2 Å². The zero-order chi connectivity index (χ0) is 38.4. The third kappa shape index (κ3) is 7.25. The van der Waals surface area contributed by atoms with Gasteiger partial charge in [-0.25, -0.2) is 15.2 Å². The van der Waals surface area contributed by atoms with Gasteiger partial charge in [-0.1, -0.05) is 19.9 Å². The summed E-state index contributed by atoms with van der Waals surface area (Å²) in [7, 11) is 1.70. The molecule has 3 aromatic heterocycles. The molecule has 2 N–H and O–H groups in total. The van der Waals surface area contributed by atoms with Gasteiger partial charge in [-0.2, -0.15) is 0 Å². The molecule has 3 fully saturated rings. The Hall–Kier alpha value is -4.37. The summed E-state index contributed by atoms with van der Waals surface area (Å²) < 4.78 is 19.8. The number of benzene rings is 1.